The number of carbonyl (C=O) groups excluding carboxylic acids is 4. The van der Waals surface area contributed by atoms with Gasteiger partial charge in [-0.05, 0) is 251 Å². The number of aromatic amines is 3. The zero-order valence-electron chi connectivity index (χ0n) is 43.7. The lowest BCUT2D eigenvalue weighted by Gasteiger charge is -2.14. The van der Waals surface area contributed by atoms with Crippen molar-refractivity contribution in [2.75, 3.05) is 0 Å². The van der Waals surface area contributed by atoms with Crippen molar-refractivity contribution in [3.8, 4) is 39.1 Å². The molecule has 0 saturated carbocycles. The van der Waals surface area contributed by atoms with Crippen LogP contribution in [0.5, 0.6) is 0 Å². The number of carbonyl (C=O) groups is 4. The van der Waals surface area contributed by atoms with E-state index >= 15 is 0 Å². The van der Waals surface area contributed by atoms with Gasteiger partial charge in [-0.3, -0.25) is 19.2 Å². The van der Waals surface area contributed by atoms with E-state index in [1.807, 2.05) is 134 Å². The van der Waals surface area contributed by atoms with Gasteiger partial charge in [0, 0.05) is 77.7 Å². The first-order chi connectivity index (χ1) is 40.8. The maximum absolute atomic E-state index is 12.4. The summed E-state index contributed by atoms with van der Waals surface area (Å²) in [5, 5.41) is -2.45. The van der Waals surface area contributed by atoms with Crippen molar-refractivity contribution in [3.05, 3.63) is 244 Å². The minimum Gasteiger partial charge on any atom is -0.355 e. The molecule has 404 valence electrons. The zero-order valence-corrected chi connectivity index (χ0v) is 46.8. The molecule has 0 atom stereocenters. The van der Waals surface area contributed by atoms with Crippen molar-refractivity contribution < 1.29 is 19.2 Å². The molecule has 0 spiro atoms. The molecule has 0 unspecified atom stereocenters. The van der Waals surface area contributed by atoms with Gasteiger partial charge in [-0.2, -0.15) is 0 Å². The van der Waals surface area contributed by atoms with Gasteiger partial charge in [0.15, 0.2) is 0 Å². The summed E-state index contributed by atoms with van der Waals surface area (Å²) in [6.45, 7) is 0. The Labute approximate surface area is 498 Å². The van der Waals surface area contributed by atoms with Crippen molar-refractivity contribution in [1.29, 1.82) is 0 Å². The summed E-state index contributed by atoms with van der Waals surface area (Å²) in [6.07, 6.45) is 15.7. The van der Waals surface area contributed by atoms with E-state index in [-0.39, 0.29) is 0 Å². The Morgan fingerprint density at radius 2 is 0.619 bits per heavy atom. The zero-order chi connectivity index (χ0) is 57.6. The van der Waals surface area contributed by atoms with Gasteiger partial charge in [-0.15, -0.1) is 0 Å². The Morgan fingerprint density at radius 1 is 0.310 bits per heavy atom. The van der Waals surface area contributed by atoms with Crippen LogP contribution < -0.4 is 0 Å². The van der Waals surface area contributed by atoms with Crippen molar-refractivity contribution >= 4 is 160 Å². The Kier molecular flexibility index (Phi) is 14.2. The normalized spacial score (nSPS) is 12.0. The van der Waals surface area contributed by atoms with E-state index in [9.17, 15) is 19.2 Å². The molecule has 0 saturated heterocycles. The second kappa shape index (κ2) is 22.3. The van der Waals surface area contributed by atoms with Gasteiger partial charge in [-0.1, -0.05) is 36.4 Å². The molecule has 4 aliphatic rings. The van der Waals surface area contributed by atoms with Gasteiger partial charge in [0.1, 0.15) is 0 Å². The molecule has 0 aliphatic carbocycles. The van der Waals surface area contributed by atoms with Crippen LogP contribution in [0.1, 0.15) is 87.0 Å². The first-order valence-electron chi connectivity index (χ1n) is 26.2. The number of hydrogen-bond acceptors (Lipinski definition) is 8. The lowest BCUT2D eigenvalue weighted by atomic mass is 9.92. The van der Waals surface area contributed by atoms with Crippen LogP contribution >= 0.6 is 46.4 Å². The third-order valence-electron chi connectivity index (χ3n) is 14.3. The third-order valence-corrected chi connectivity index (χ3v) is 15.1. The van der Waals surface area contributed by atoms with Crippen molar-refractivity contribution in [1.82, 2.24) is 39.5 Å². The number of benzene rings is 4. The Bertz CT molecular complexity index is 4810. The summed E-state index contributed by atoms with van der Waals surface area (Å²) in [7, 11) is 0. The summed E-state index contributed by atoms with van der Waals surface area (Å²) in [5.74, 6) is 0. The number of nitrogens with zero attached hydrogens (tertiary/aromatic N) is 5. The second-order valence-electron chi connectivity index (χ2n) is 19.8. The van der Waals surface area contributed by atoms with E-state index in [0.717, 1.165) is 61.4 Å². The first kappa shape index (κ1) is 53.2. The van der Waals surface area contributed by atoms with E-state index in [1.54, 1.807) is 60.7 Å². The molecule has 16 heteroatoms. The van der Waals surface area contributed by atoms with Gasteiger partial charge < -0.3 is 19.5 Å². The monoisotopic (exact) mass is 1170 g/mol. The van der Waals surface area contributed by atoms with Crippen molar-refractivity contribution in [3.63, 3.8) is 0 Å². The minimum atomic E-state index is -0.615. The molecule has 14 rings (SSSR count). The predicted molar refractivity (Wildman–Crippen MR) is 340 cm³/mol. The average Bonchev–Trinajstić information content (AvgIpc) is 1.80. The van der Waals surface area contributed by atoms with Crippen LogP contribution in [0.4, 0.5) is 0 Å². The molecule has 0 amide bonds. The molecule has 12 nitrogen and oxygen atoms in total. The highest BCUT2D eigenvalue weighted by Crippen LogP contribution is 2.47. The van der Waals surface area contributed by atoms with Crippen LogP contribution in [0.25, 0.3) is 132 Å². The molecule has 3 N–H and O–H groups in total. The highest BCUT2D eigenvalue weighted by molar-refractivity contribution is 6.68. The summed E-state index contributed by atoms with van der Waals surface area (Å²) < 4.78 is 2.06. The van der Waals surface area contributed by atoms with E-state index in [1.165, 1.54) is 0 Å². The third kappa shape index (κ3) is 11.1. The number of halogens is 4. The number of nitrogens with one attached hydrogen (secondary N) is 3. The summed E-state index contributed by atoms with van der Waals surface area (Å²) in [5.41, 5.74) is 19.5. The summed E-state index contributed by atoms with van der Waals surface area (Å²) in [6, 6.07) is 54.0. The van der Waals surface area contributed by atoms with Gasteiger partial charge in [0.05, 0.1) is 56.6 Å². The number of fused-ring (bicyclic) bond motifs is 16. The molecule has 16 bridgehead atoms. The van der Waals surface area contributed by atoms with E-state index < -0.39 is 21.0 Å². The van der Waals surface area contributed by atoms with E-state index in [2.05, 4.69) is 59.8 Å². The van der Waals surface area contributed by atoms with Crippen LogP contribution in [0.15, 0.2) is 176 Å². The van der Waals surface area contributed by atoms with E-state index in [0.29, 0.717) is 89.6 Å². The Balaban J connectivity index is 0.000000226. The number of rotatable bonds is 8. The first-order valence-corrected chi connectivity index (χ1v) is 27.7. The molecule has 6 aromatic heterocycles. The van der Waals surface area contributed by atoms with Crippen molar-refractivity contribution in [2.45, 2.75) is 0 Å². The topological polar surface area (TPSA) is 172 Å². The number of H-pyrrole nitrogens is 3. The molecule has 10 aromatic rings. The van der Waals surface area contributed by atoms with Gasteiger partial charge >= 0.3 is 0 Å². The van der Waals surface area contributed by atoms with Crippen LogP contribution in [0.3, 0.4) is 0 Å². The molecule has 4 aliphatic heterocycles. The van der Waals surface area contributed by atoms with Gasteiger partial charge in [-0.25, -0.2) is 19.9 Å². The van der Waals surface area contributed by atoms with Crippen molar-refractivity contribution in [2.24, 2.45) is 0 Å². The summed E-state index contributed by atoms with van der Waals surface area (Å²) in [4.78, 5) is 79.0. The lowest BCUT2D eigenvalue weighted by molar-refractivity contribution is 0.107. The smallest absolute Gasteiger partial charge is 0.252 e. The Hall–Kier alpha value is -10.1. The SMILES string of the molecule is C1=Cc2cc3ccc(cc4ccc(cc5nc(cc1n2)C=C5)[nH]4)[nH]3.O=C(Cl)c1ccc(-c2c(-c3ccc(C(=O)Cl)cc3)c3c(-c4ccc(C(=O)Cl)cc4)c4nc(cc5ccc(cc6nc(cc2n3-c2ccc(C(=O)Cl)cc2)C=C6)[nH]5)C=C4)cc1. The number of hydrogen-bond donors (Lipinski definition) is 3. The van der Waals surface area contributed by atoms with Crippen LogP contribution in [0, 0.1) is 0 Å². The van der Waals surface area contributed by atoms with Gasteiger partial charge in [0.25, 0.3) is 21.0 Å². The molecule has 0 radical (unpaired) electrons. The van der Waals surface area contributed by atoms with Gasteiger partial charge in [0.2, 0.25) is 0 Å². The molecule has 0 fully saturated rings. The van der Waals surface area contributed by atoms with E-state index in [4.69, 9.17) is 56.4 Å². The van der Waals surface area contributed by atoms with Crippen LogP contribution in [-0.2, 0) is 0 Å². The summed E-state index contributed by atoms with van der Waals surface area (Å²) >= 11 is 23.8. The minimum absolute atomic E-state index is 0.297. The molecule has 84 heavy (non-hydrogen) atoms. The largest absolute Gasteiger partial charge is 0.355 e. The molecular formula is C68H40Cl4N8O4. The Morgan fingerprint density at radius 3 is 1.01 bits per heavy atom. The highest BCUT2D eigenvalue weighted by Gasteiger charge is 2.27. The number of aromatic nitrogens is 8. The quantitative estimate of drug-likeness (QED) is 0.126. The molecule has 4 aromatic carbocycles. The predicted octanol–water partition coefficient (Wildman–Crippen LogP) is 17.3. The molecular weight excluding hydrogens is 1130 g/mol. The molecule has 10 heterocycles. The lowest BCUT2D eigenvalue weighted by Crippen LogP contribution is -1.99. The van der Waals surface area contributed by atoms with Crippen LogP contribution in [-0.4, -0.2) is 60.4 Å². The average molecular weight is 1170 g/mol. The maximum Gasteiger partial charge on any atom is 0.252 e. The maximum atomic E-state index is 12.4. The fourth-order valence-electron chi connectivity index (χ4n) is 10.4. The fraction of sp³-hybridized carbons (Fsp3) is 0. The van der Waals surface area contributed by atoms with Crippen LogP contribution in [0.2, 0.25) is 0 Å². The second-order valence-corrected chi connectivity index (χ2v) is 21.2. The standard InChI is InChI=1S/C48H26Cl4N4O4.C20H14N4/c49-45(57)29-7-1-26(2-8-29)41-39-22-19-36(55-39)24-35-16-15-33(53-35)23-34-17-18-37(54-34)25-40-42(27-3-9-30(10-4-27)46(50)58)43(28-5-11-31(12-6-28)47(51)59)44(41)56(40)38-20-13-32(14-21-38)48(52)60;1-2-14-10-16-5-6-18(23-16)12-20-8-7-19(24-20)11-17-4-3-15(22-17)9-13(1)21-14/h1-25,53H;1-12,21-22H. The fourth-order valence-corrected chi connectivity index (χ4v) is 10.9. The highest BCUT2D eigenvalue weighted by atomic mass is 35.5.